The highest BCUT2D eigenvalue weighted by atomic mass is 32.1. The number of fused-ring (bicyclic) bond motifs is 1. The summed E-state index contributed by atoms with van der Waals surface area (Å²) in [6.07, 6.45) is 3.42. The number of benzene rings is 2. The van der Waals surface area contributed by atoms with Gasteiger partial charge in [-0.25, -0.2) is 9.97 Å². The largest absolute Gasteiger partial charge is 0.378 e. The van der Waals surface area contributed by atoms with Crippen LogP contribution < -0.4 is 16.4 Å². The van der Waals surface area contributed by atoms with Crippen molar-refractivity contribution in [2.45, 2.75) is 13.0 Å². The molecule has 0 saturated heterocycles. The molecule has 5 aromatic rings. The van der Waals surface area contributed by atoms with Crippen LogP contribution in [0.1, 0.15) is 27.3 Å². The summed E-state index contributed by atoms with van der Waals surface area (Å²) in [6.45, 7) is 0.351. The molecular weight excluding hydrogens is 502 g/mol. The van der Waals surface area contributed by atoms with Gasteiger partial charge in [0.1, 0.15) is 10.7 Å². The Morgan fingerprint density at radius 2 is 1.84 bits per heavy atom. The number of aryl methyl sites for hydroxylation is 1. The first-order valence-electron chi connectivity index (χ1n) is 11.8. The predicted octanol–water partition coefficient (Wildman–Crippen LogP) is 3.98. The van der Waals surface area contributed by atoms with Gasteiger partial charge in [-0.2, -0.15) is 0 Å². The molecule has 0 radical (unpaired) electrons. The first-order valence-corrected chi connectivity index (χ1v) is 12.6. The average Bonchev–Trinajstić information content (AvgIpc) is 3.56. The number of pyridine rings is 1. The van der Waals surface area contributed by atoms with Crippen LogP contribution >= 0.6 is 11.3 Å². The van der Waals surface area contributed by atoms with E-state index in [0.717, 1.165) is 5.56 Å². The lowest BCUT2D eigenvalue weighted by Gasteiger charge is -2.09. The number of carbonyl (C=O) groups excluding carboxylic acids is 3. The molecule has 5 rings (SSSR count). The summed E-state index contributed by atoms with van der Waals surface area (Å²) in [5.41, 5.74) is 9.03. The number of rotatable bonds is 10. The summed E-state index contributed by atoms with van der Waals surface area (Å²) in [5.74, 6) is -0.680. The Labute approximate surface area is 221 Å². The zero-order valence-electron chi connectivity index (χ0n) is 20.1. The van der Waals surface area contributed by atoms with E-state index in [1.807, 2.05) is 36.4 Å². The highest BCUT2D eigenvalue weighted by Gasteiger charge is 2.18. The molecule has 10 nitrogen and oxygen atoms in total. The molecule has 0 aliphatic carbocycles. The first kappa shape index (κ1) is 24.8. The van der Waals surface area contributed by atoms with Crippen molar-refractivity contribution in [3.05, 3.63) is 89.7 Å². The maximum Gasteiger partial charge on any atom is 0.277 e. The average molecular weight is 526 g/mol. The fourth-order valence-corrected chi connectivity index (χ4v) is 4.65. The smallest absolute Gasteiger partial charge is 0.277 e. The monoisotopic (exact) mass is 525 g/mol. The van der Waals surface area contributed by atoms with Gasteiger partial charge in [0, 0.05) is 47.6 Å². The number of primary amides is 1. The molecule has 0 bridgehead atoms. The number of Topliss-reactive ketones (excluding diaryl/α,β-unsaturated/α-hetero) is 1. The molecule has 0 unspecified atom stereocenters. The molecule has 0 aliphatic heterocycles. The number of ketones is 1. The normalized spacial score (nSPS) is 10.8. The van der Waals surface area contributed by atoms with Crippen LogP contribution in [0.3, 0.4) is 0 Å². The van der Waals surface area contributed by atoms with Crippen LogP contribution in [0.2, 0.25) is 0 Å². The molecule has 2 amide bonds. The topological polar surface area (TPSA) is 145 Å². The minimum atomic E-state index is -0.470. The summed E-state index contributed by atoms with van der Waals surface area (Å²) >= 11 is 1.34. The second-order valence-electron chi connectivity index (χ2n) is 8.38. The lowest BCUT2D eigenvalue weighted by molar-refractivity contribution is -0.118. The van der Waals surface area contributed by atoms with Gasteiger partial charge < -0.3 is 15.6 Å². The maximum absolute atomic E-state index is 13.0. The van der Waals surface area contributed by atoms with Crippen molar-refractivity contribution in [2.75, 3.05) is 17.2 Å². The van der Waals surface area contributed by atoms with Gasteiger partial charge >= 0.3 is 0 Å². The predicted molar refractivity (Wildman–Crippen MR) is 146 cm³/mol. The third-order valence-corrected chi connectivity index (χ3v) is 6.64. The number of imidazole rings is 1. The Morgan fingerprint density at radius 3 is 2.61 bits per heavy atom. The molecule has 38 heavy (non-hydrogen) atoms. The van der Waals surface area contributed by atoms with Crippen molar-refractivity contribution in [1.82, 2.24) is 19.5 Å². The van der Waals surface area contributed by atoms with Crippen LogP contribution in [0.15, 0.2) is 78.4 Å². The van der Waals surface area contributed by atoms with Crippen LogP contribution in [-0.2, 0) is 11.3 Å². The molecule has 190 valence electrons. The van der Waals surface area contributed by atoms with Crippen molar-refractivity contribution in [1.29, 1.82) is 0 Å². The van der Waals surface area contributed by atoms with Crippen LogP contribution in [0.5, 0.6) is 0 Å². The number of aromatic nitrogens is 4. The minimum absolute atomic E-state index is 0.0421. The molecule has 3 aromatic heterocycles. The standard InChI is InChI=1S/C27H23N7O3S/c28-24(36)10-12-34-22-9-8-19(30-15-23(35)17-5-2-1-3-6-17)13-20(22)32-27(34)33-25(37)21-16-38-26(31-21)18-7-4-11-29-14-18/h1-9,11,13-14,16,30H,10,12,15H2,(H2,28,36)(H,32,33,37). The highest BCUT2D eigenvalue weighted by molar-refractivity contribution is 7.13. The van der Waals surface area contributed by atoms with Crippen LogP contribution in [0.4, 0.5) is 11.6 Å². The minimum Gasteiger partial charge on any atom is -0.378 e. The molecule has 0 saturated carbocycles. The van der Waals surface area contributed by atoms with Gasteiger partial charge in [-0.15, -0.1) is 11.3 Å². The number of thiazole rings is 1. The molecule has 11 heteroatoms. The third-order valence-electron chi connectivity index (χ3n) is 5.75. The van der Waals surface area contributed by atoms with Crippen LogP contribution in [0, 0.1) is 0 Å². The zero-order valence-corrected chi connectivity index (χ0v) is 20.9. The molecule has 2 aromatic carbocycles. The number of nitrogens with one attached hydrogen (secondary N) is 2. The van der Waals surface area contributed by atoms with Gasteiger partial charge in [-0.3, -0.25) is 24.7 Å². The van der Waals surface area contributed by atoms with Crippen molar-refractivity contribution >= 4 is 51.6 Å². The van der Waals surface area contributed by atoms with E-state index in [1.54, 1.807) is 46.6 Å². The number of amides is 2. The fourth-order valence-electron chi connectivity index (χ4n) is 3.86. The quantitative estimate of drug-likeness (QED) is 0.234. The number of hydrogen-bond donors (Lipinski definition) is 3. The first-order chi connectivity index (χ1) is 18.5. The van der Waals surface area contributed by atoms with Gasteiger partial charge in [0.15, 0.2) is 5.78 Å². The van der Waals surface area contributed by atoms with E-state index in [2.05, 4.69) is 25.6 Å². The van der Waals surface area contributed by atoms with E-state index in [4.69, 9.17) is 5.73 Å². The highest BCUT2D eigenvalue weighted by Crippen LogP contribution is 2.26. The molecule has 0 spiro atoms. The lowest BCUT2D eigenvalue weighted by atomic mass is 10.1. The zero-order chi connectivity index (χ0) is 26.5. The Balaban J connectivity index is 1.37. The Kier molecular flexibility index (Phi) is 7.18. The van der Waals surface area contributed by atoms with Crippen LogP contribution in [-0.4, -0.2) is 43.7 Å². The van der Waals surface area contributed by atoms with Gasteiger partial charge in [-0.1, -0.05) is 30.3 Å². The summed E-state index contributed by atoms with van der Waals surface area (Å²) < 4.78 is 1.73. The van der Waals surface area contributed by atoms with E-state index in [0.29, 0.717) is 27.3 Å². The number of nitrogens with two attached hydrogens (primary N) is 1. The second-order valence-corrected chi connectivity index (χ2v) is 9.24. The van der Waals surface area contributed by atoms with E-state index < -0.39 is 11.8 Å². The van der Waals surface area contributed by atoms with Gasteiger partial charge in [0.2, 0.25) is 11.9 Å². The van der Waals surface area contributed by atoms with Crippen LogP contribution in [0.25, 0.3) is 21.6 Å². The molecular formula is C27H23N7O3S. The molecule has 0 fully saturated rings. The summed E-state index contributed by atoms with van der Waals surface area (Å²) in [7, 11) is 0. The Morgan fingerprint density at radius 1 is 1.00 bits per heavy atom. The molecule has 0 aliphatic rings. The van der Waals surface area contributed by atoms with E-state index in [1.165, 1.54) is 11.3 Å². The Bertz CT molecular complexity index is 1610. The summed E-state index contributed by atoms with van der Waals surface area (Å²) in [6, 6.07) is 18.1. The number of carbonyl (C=O) groups is 3. The third kappa shape index (κ3) is 5.57. The van der Waals surface area contributed by atoms with Crippen molar-refractivity contribution in [3.8, 4) is 10.6 Å². The number of anilines is 2. The molecule has 4 N–H and O–H groups in total. The van der Waals surface area contributed by atoms with Gasteiger partial charge in [0.25, 0.3) is 5.91 Å². The summed E-state index contributed by atoms with van der Waals surface area (Å²) in [5, 5.41) is 8.27. The SMILES string of the molecule is NC(=O)CCn1c(NC(=O)c2csc(-c3cccnc3)n2)nc2cc(NCC(=O)c3ccccc3)ccc21. The number of nitrogens with zero attached hydrogens (tertiary/aromatic N) is 4. The van der Waals surface area contributed by atoms with Gasteiger partial charge in [-0.05, 0) is 30.3 Å². The van der Waals surface area contributed by atoms with Crippen molar-refractivity contribution in [2.24, 2.45) is 5.73 Å². The van der Waals surface area contributed by atoms with E-state index >= 15 is 0 Å². The van der Waals surface area contributed by atoms with E-state index in [9.17, 15) is 14.4 Å². The number of hydrogen-bond acceptors (Lipinski definition) is 8. The summed E-state index contributed by atoms with van der Waals surface area (Å²) in [4.78, 5) is 50.1. The van der Waals surface area contributed by atoms with Crippen molar-refractivity contribution in [3.63, 3.8) is 0 Å². The van der Waals surface area contributed by atoms with Gasteiger partial charge in [0.05, 0.1) is 17.6 Å². The maximum atomic E-state index is 13.0. The van der Waals surface area contributed by atoms with Crippen molar-refractivity contribution < 1.29 is 14.4 Å². The lowest BCUT2D eigenvalue weighted by Crippen LogP contribution is -2.19. The molecule has 0 atom stereocenters. The molecule has 3 heterocycles. The fraction of sp³-hybridized carbons (Fsp3) is 0.111. The second kappa shape index (κ2) is 11.0. The Hall–Kier alpha value is -4.90. The van der Waals surface area contributed by atoms with E-state index in [-0.39, 0.29) is 36.9 Å².